The lowest BCUT2D eigenvalue weighted by Crippen LogP contribution is -2.32. The second-order valence-electron chi connectivity index (χ2n) is 5.31. The third-order valence-corrected chi connectivity index (χ3v) is 3.36. The van der Waals surface area contributed by atoms with Crippen molar-refractivity contribution >= 4 is 17.6 Å². The van der Waals surface area contributed by atoms with E-state index < -0.39 is 0 Å². The molecule has 134 valence electrons. The predicted octanol–water partition coefficient (Wildman–Crippen LogP) is 2.36. The van der Waals surface area contributed by atoms with Gasteiger partial charge in [-0.25, -0.2) is 4.99 Å². The van der Waals surface area contributed by atoms with Crippen molar-refractivity contribution in [3.05, 3.63) is 54.0 Å². The minimum atomic E-state index is -0.281. The van der Waals surface area contributed by atoms with Gasteiger partial charge < -0.3 is 25.5 Å². The molecule has 1 aromatic heterocycles. The summed E-state index contributed by atoms with van der Waals surface area (Å²) in [6.07, 6.45) is 2.35. The van der Waals surface area contributed by atoms with Crippen molar-refractivity contribution in [2.75, 3.05) is 25.1 Å². The molecule has 0 saturated heterocycles. The van der Waals surface area contributed by atoms with Gasteiger partial charge in [0.15, 0.2) is 11.7 Å². The van der Waals surface area contributed by atoms with Gasteiger partial charge in [-0.2, -0.15) is 0 Å². The molecule has 0 bridgehead atoms. The van der Waals surface area contributed by atoms with Crippen molar-refractivity contribution < 1.29 is 13.9 Å². The van der Waals surface area contributed by atoms with E-state index in [1.54, 1.807) is 12.1 Å². The number of furan rings is 1. The average molecular weight is 344 g/mol. The highest BCUT2D eigenvalue weighted by Crippen LogP contribution is 2.12. The van der Waals surface area contributed by atoms with Crippen LogP contribution in [0.3, 0.4) is 0 Å². The first-order valence-corrected chi connectivity index (χ1v) is 8.24. The zero-order valence-corrected chi connectivity index (χ0v) is 14.3. The van der Waals surface area contributed by atoms with Gasteiger partial charge in [0.25, 0.3) is 5.91 Å². The number of anilines is 1. The Bertz CT molecular complexity index is 666. The van der Waals surface area contributed by atoms with Gasteiger partial charge in [-0.1, -0.05) is 12.1 Å². The van der Waals surface area contributed by atoms with E-state index in [4.69, 9.17) is 14.9 Å². The van der Waals surface area contributed by atoms with Crippen LogP contribution in [0.2, 0.25) is 0 Å². The van der Waals surface area contributed by atoms with Crippen molar-refractivity contribution in [3.8, 4) is 0 Å². The number of nitrogens with zero attached hydrogens (tertiary/aromatic N) is 1. The van der Waals surface area contributed by atoms with Crippen LogP contribution in [0.15, 0.2) is 52.1 Å². The molecule has 0 spiro atoms. The van der Waals surface area contributed by atoms with Crippen LogP contribution in [0.5, 0.6) is 0 Å². The molecule has 0 saturated carbocycles. The standard InChI is InChI=1S/C18H24N4O3/c1-2-24-11-4-10-20-18(19)21-13-14-6-8-15(9-7-14)22-17(23)16-5-3-12-25-16/h3,5-9,12H,2,4,10-11,13H2,1H3,(H,22,23)(H3,19,20,21). The Balaban J connectivity index is 1.76. The Morgan fingerprint density at radius 3 is 2.76 bits per heavy atom. The fraction of sp³-hybridized carbons (Fsp3) is 0.333. The quantitative estimate of drug-likeness (QED) is 0.368. The number of hydrogen-bond acceptors (Lipinski definition) is 4. The minimum absolute atomic E-state index is 0.275. The molecule has 0 aliphatic carbocycles. The van der Waals surface area contributed by atoms with Gasteiger partial charge in [0.05, 0.1) is 12.8 Å². The number of nitrogens with two attached hydrogens (primary N) is 1. The van der Waals surface area contributed by atoms with Crippen LogP contribution in [0.1, 0.15) is 29.5 Å². The SMILES string of the molecule is CCOCCCNC(N)=NCc1ccc(NC(=O)c2ccco2)cc1. The van der Waals surface area contributed by atoms with E-state index in [0.717, 1.165) is 25.1 Å². The van der Waals surface area contributed by atoms with Gasteiger partial charge in [-0.05, 0) is 43.2 Å². The summed E-state index contributed by atoms with van der Waals surface area (Å²) in [7, 11) is 0. The highest BCUT2D eigenvalue weighted by molar-refractivity contribution is 6.02. The first-order valence-electron chi connectivity index (χ1n) is 8.24. The van der Waals surface area contributed by atoms with E-state index in [0.29, 0.717) is 24.8 Å². The number of guanidine groups is 1. The topological polar surface area (TPSA) is 102 Å². The Kier molecular flexibility index (Phi) is 7.52. The summed E-state index contributed by atoms with van der Waals surface area (Å²) in [6.45, 7) is 4.60. The molecule has 2 rings (SSSR count). The number of ether oxygens (including phenoxy) is 1. The van der Waals surface area contributed by atoms with Crippen LogP contribution in [0.4, 0.5) is 5.69 Å². The highest BCUT2D eigenvalue weighted by atomic mass is 16.5. The maximum Gasteiger partial charge on any atom is 0.291 e. The molecule has 2 aromatic rings. The summed E-state index contributed by atoms with van der Waals surface area (Å²) in [6, 6.07) is 10.7. The number of carbonyl (C=O) groups excluding carboxylic acids is 1. The number of carbonyl (C=O) groups is 1. The van der Waals surface area contributed by atoms with Crippen LogP contribution in [-0.2, 0) is 11.3 Å². The third kappa shape index (κ3) is 6.68. The zero-order chi connectivity index (χ0) is 17.9. The summed E-state index contributed by atoms with van der Waals surface area (Å²) in [5.74, 6) is 0.403. The molecular formula is C18H24N4O3. The lowest BCUT2D eigenvalue weighted by molar-refractivity contribution is 0.0996. The number of nitrogens with one attached hydrogen (secondary N) is 2. The van der Waals surface area contributed by atoms with Crippen LogP contribution in [-0.4, -0.2) is 31.6 Å². The van der Waals surface area contributed by atoms with Crippen LogP contribution >= 0.6 is 0 Å². The van der Waals surface area contributed by atoms with Gasteiger partial charge in [-0.15, -0.1) is 0 Å². The molecule has 25 heavy (non-hydrogen) atoms. The fourth-order valence-electron chi connectivity index (χ4n) is 2.06. The largest absolute Gasteiger partial charge is 0.459 e. The Morgan fingerprint density at radius 1 is 1.28 bits per heavy atom. The van der Waals surface area contributed by atoms with Gasteiger partial charge >= 0.3 is 0 Å². The first kappa shape index (κ1) is 18.5. The molecule has 0 aliphatic rings. The smallest absolute Gasteiger partial charge is 0.291 e. The number of rotatable bonds is 9. The molecule has 1 heterocycles. The first-order chi connectivity index (χ1) is 12.2. The van der Waals surface area contributed by atoms with E-state index in [1.165, 1.54) is 6.26 Å². The molecule has 0 aliphatic heterocycles. The fourth-order valence-corrected chi connectivity index (χ4v) is 2.06. The van der Waals surface area contributed by atoms with Crippen molar-refractivity contribution in [1.29, 1.82) is 0 Å². The minimum Gasteiger partial charge on any atom is -0.459 e. The van der Waals surface area contributed by atoms with E-state index in [9.17, 15) is 4.79 Å². The molecule has 4 N–H and O–H groups in total. The summed E-state index contributed by atoms with van der Waals surface area (Å²) in [5, 5.41) is 5.81. The van der Waals surface area contributed by atoms with E-state index in [-0.39, 0.29) is 11.7 Å². The van der Waals surface area contributed by atoms with Gasteiger partial charge in [-0.3, -0.25) is 4.79 Å². The molecule has 0 atom stereocenters. The maximum atomic E-state index is 11.9. The maximum absolute atomic E-state index is 11.9. The summed E-state index contributed by atoms with van der Waals surface area (Å²) in [5.41, 5.74) is 7.50. The van der Waals surface area contributed by atoms with E-state index >= 15 is 0 Å². The summed E-state index contributed by atoms with van der Waals surface area (Å²) >= 11 is 0. The molecular weight excluding hydrogens is 320 g/mol. The lowest BCUT2D eigenvalue weighted by atomic mass is 10.2. The highest BCUT2D eigenvalue weighted by Gasteiger charge is 2.08. The molecule has 1 aromatic carbocycles. The second kappa shape index (κ2) is 10.1. The van der Waals surface area contributed by atoms with Crippen molar-refractivity contribution in [1.82, 2.24) is 5.32 Å². The molecule has 0 unspecified atom stereocenters. The van der Waals surface area contributed by atoms with E-state index in [2.05, 4.69) is 15.6 Å². The monoisotopic (exact) mass is 344 g/mol. The summed E-state index contributed by atoms with van der Waals surface area (Å²) < 4.78 is 10.3. The summed E-state index contributed by atoms with van der Waals surface area (Å²) in [4.78, 5) is 16.2. The van der Waals surface area contributed by atoms with Crippen LogP contribution in [0, 0.1) is 0 Å². The molecule has 0 radical (unpaired) electrons. The van der Waals surface area contributed by atoms with Gasteiger partial charge in [0.1, 0.15) is 0 Å². The van der Waals surface area contributed by atoms with Crippen LogP contribution in [0.25, 0.3) is 0 Å². The van der Waals surface area contributed by atoms with Crippen LogP contribution < -0.4 is 16.4 Å². The number of hydrogen-bond donors (Lipinski definition) is 3. The molecule has 7 nitrogen and oxygen atoms in total. The molecule has 1 amide bonds. The molecule has 0 fully saturated rings. The number of aliphatic imine (C=N–C) groups is 1. The van der Waals surface area contributed by atoms with Crippen molar-refractivity contribution in [2.24, 2.45) is 10.7 Å². The second-order valence-corrected chi connectivity index (χ2v) is 5.31. The number of benzene rings is 1. The Morgan fingerprint density at radius 2 is 2.08 bits per heavy atom. The Labute approximate surface area is 147 Å². The average Bonchev–Trinajstić information content (AvgIpc) is 3.16. The van der Waals surface area contributed by atoms with Gasteiger partial charge in [0, 0.05) is 25.4 Å². The van der Waals surface area contributed by atoms with E-state index in [1.807, 2.05) is 31.2 Å². The van der Waals surface area contributed by atoms with Crippen molar-refractivity contribution in [2.45, 2.75) is 19.9 Å². The lowest BCUT2D eigenvalue weighted by Gasteiger charge is -2.06. The third-order valence-electron chi connectivity index (χ3n) is 3.36. The van der Waals surface area contributed by atoms with Crippen molar-refractivity contribution in [3.63, 3.8) is 0 Å². The normalized spacial score (nSPS) is 11.3. The molecule has 7 heteroatoms. The number of amides is 1. The van der Waals surface area contributed by atoms with Gasteiger partial charge in [0.2, 0.25) is 0 Å². The Hall–Kier alpha value is -2.80. The predicted molar refractivity (Wildman–Crippen MR) is 97.5 cm³/mol. The zero-order valence-electron chi connectivity index (χ0n) is 14.3.